The van der Waals surface area contributed by atoms with E-state index in [-0.39, 0.29) is 0 Å². The van der Waals surface area contributed by atoms with Crippen LogP contribution >= 0.6 is 0 Å². The summed E-state index contributed by atoms with van der Waals surface area (Å²) in [4.78, 5) is 11.5. The smallest absolute Gasteiger partial charge is 0.132 e. The first-order valence-electron chi connectivity index (χ1n) is 7.26. The Morgan fingerprint density at radius 2 is 1.38 bits per heavy atom. The van der Waals surface area contributed by atoms with Gasteiger partial charge in [0.15, 0.2) is 0 Å². The number of carbonyl (C=O) groups excluding carboxylic acids is 1. The van der Waals surface area contributed by atoms with Gasteiger partial charge in [0.05, 0.1) is 0 Å². The molecule has 16 heavy (non-hydrogen) atoms. The Labute approximate surface area is 102 Å². The standard InChI is InChI=1S/C15H30O/c1-4-7-9-11-14(12-10-8-5-2)13-15(16)6-3/h14H,4-13H2,1-3H3. The summed E-state index contributed by atoms with van der Waals surface area (Å²) in [7, 11) is 0. The second-order valence-electron chi connectivity index (χ2n) is 4.95. The van der Waals surface area contributed by atoms with E-state index in [1.807, 2.05) is 6.92 Å². The molecule has 0 fully saturated rings. The molecule has 0 aromatic heterocycles. The maximum atomic E-state index is 11.5. The second-order valence-corrected chi connectivity index (χ2v) is 4.95. The Balaban J connectivity index is 3.80. The van der Waals surface area contributed by atoms with Gasteiger partial charge in [-0.15, -0.1) is 0 Å². The number of ketones is 1. The highest BCUT2D eigenvalue weighted by atomic mass is 16.1. The minimum absolute atomic E-state index is 0.456. The van der Waals surface area contributed by atoms with E-state index in [0.717, 1.165) is 12.8 Å². The fourth-order valence-electron chi connectivity index (χ4n) is 2.18. The second kappa shape index (κ2) is 11.2. The highest BCUT2D eigenvalue weighted by Gasteiger charge is 2.12. The van der Waals surface area contributed by atoms with E-state index in [9.17, 15) is 4.79 Å². The van der Waals surface area contributed by atoms with E-state index in [1.54, 1.807) is 0 Å². The van der Waals surface area contributed by atoms with E-state index in [0.29, 0.717) is 11.7 Å². The molecule has 1 nitrogen and oxygen atoms in total. The maximum absolute atomic E-state index is 11.5. The molecule has 0 atom stereocenters. The van der Waals surface area contributed by atoms with E-state index >= 15 is 0 Å². The summed E-state index contributed by atoms with van der Waals surface area (Å²) < 4.78 is 0. The number of hydrogen-bond donors (Lipinski definition) is 0. The summed E-state index contributed by atoms with van der Waals surface area (Å²) in [6, 6.07) is 0. The van der Waals surface area contributed by atoms with Gasteiger partial charge in [0.25, 0.3) is 0 Å². The molecule has 96 valence electrons. The van der Waals surface area contributed by atoms with Gasteiger partial charge >= 0.3 is 0 Å². The van der Waals surface area contributed by atoms with Crippen LogP contribution in [0.5, 0.6) is 0 Å². The van der Waals surface area contributed by atoms with Crippen LogP contribution in [0.4, 0.5) is 0 Å². The van der Waals surface area contributed by atoms with Gasteiger partial charge < -0.3 is 0 Å². The van der Waals surface area contributed by atoms with E-state index < -0.39 is 0 Å². The van der Waals surface area contributed by atoms with Crippen molar-refractivity contribution in [3.05, 3.63) is 0 Å². The minimum Gasteiger partial charge on any atom is -0.300 e. The summed E-state index contributed by atoms with van der Waals surface area (Å²) in [5, 5.41) is 0. The van der Waals surface area contributed by atoms with E-state index in [4.69, 9.17) is 0 Å². The van der Waals surface area contributed by atoms with E-state index in [2.05, 4.69) is 13.8 Å². The van der Waals surface area contributed by atoms with Crippen LogP contribution in [0.3, 0.4) is 0 Å². The van der Waals surface area contributed by atoms with Gasteiger partial charge in [0.1, 0.15) is 5.78 Å². The third kappa shape index (κ3) is 8.94. The summed E-state index contributed by atoms with van der Waals surface area (Å²) in [6.07, 6.45) is 11.9. The summed E-state index contributed by atoms with van der Waals surface area (Å²) in [6.45, 7) is 6.46. The van der Waals surface area contributed by atoms with Gasteiger partial charge in [-0.3, -0.25) is 4.79 Å². The largest absolute Gasteiger partial charge is 0.300 e. The quantitative estimate of drug-likeness (QED) is 0.446. The van der Waals surface area contributed by atoms with Crippen LogP contribution in [-0.4, -0.2) is 5.78 Å². The predicted molar refractivity (Wildman–Crippen MR) is 71.7 cm³/mol. The third-order valence-electron chi connectivity index (χ3n) is 3.34. The average molecular weight is 226 g/mol. The fraction of sp³-hybridized carbons (Fsp3) is 0.933. The zero-order valence-electron chi connectivity index (χ0n) is 11.6. The zero-order chi connectivity index (χ0) is 12.2. The van der Waals surface area contributed by atoms with Crippen molar-refractivity contribution in [3.8, 4) is 0 Å². The zero-order valence-corrected chi connectivity index (χ0v) is 11.6. The van der Waals surface area contributed by atoms with Gasteiger partial charge in [0.2, 0.25) is 0 Å². The Morgan fingerprint density at radius 3 is 1.75 bits per heavy atom. The highest BCUT2D eigenvalue weighted by molar-refractivity contribution is 5.78. The molecular weight excluding hydrogens is 196 g/mol. The Bertz CT molecular complexity index is 153. The molecule has 0 rings (SSSR count). The van der Waals surface area contributed by atoms with Crippen molar-refractivity contribution < 1.29 is 4.79 Å². The number of hydrogen-bond acceptors (Lipinski definition) is 1. The lowest BCUT2D eigenvalue weighted by Gasteiger charge is -2.15. The normalized spacial score (nSPS) is 11.0. The maximum Gasteiger partial charge on any atom is 0.132 e. The van der Waals surface area contributed by atoms with Gasteiger partial charge in [-0.25, -0.2) is 0 Å². The van der Waals surface area contributed by atoms with Gasteiger partial charge in [-0.05, 0) is 5.92 Å². The van der Waals surface area contributed by atoms with Crippen molar-refractivity contribution >= 4 is 5.78 Å². The average Bonchev–Trinajstić information content (AvgIpc) is 2.29. The lowest BCUT2D eigenvalue weighted by atomic mass is 9.90. The molecule has 0 radical (unpaired) electrons. The Morgan fingerprint density at radius 1 is 0.875 bits per heavy atom. The molecule has 0 aromatic carbocycles. The van der Waals surface area contributed by atoms with Crippen LogP contribution in [0, 0.1) is 5.92 Å². The number of Topliss-reactive ketones (excluding diaryl/α,β-unsaturated/α-hetero) is 1. The van der Waals surface area contributed by atoms with Crippen molar-refractivity contribution in [1.29, 1.82) is 0 Å². The lowest BCUT2D eigenvalue weighted by Crippen LogP contribution is -2.08. The SMILES string of the molecule is CCCCCC(CCCCC)CC(=O)CC. The topological polar surface area (TPSA) is 17.1 Å². The molecule has 0 bridgehead atoms. The molecule has 0 aliphatic rings. The first-order valence-corrected chi connectivity index (χ1v) is 7.26. The molecule has 0 aliphatic carbocycles. The molecule has 0 N–H and O–H groups in total. The molecule has 0 heterocycles. The Hall–Kier alpha value is -0.330. The predicted octanol–water partition coefficient (Wildman–Crippen LogP) is 5.13. The molecule has 0 aliphatic heterocycles. The van der Waals surface area contributed by atoms with Gasteiger partial charge in [0, 0.05) is 12.8 Å². The van der Waals surface area contributed by atoms with Gasteiger partial charge in [-0.2, -0.15) is 0 Å². The van der Waals surface area contributed by atoms with Crippen LogP contribution < -0.4 is 0 Å². The van der Waals surface area contributed by atoms with Crippen LogP contribution in [0.25, 0.3) is 0 Å². The molecule has 0 unspecified atom stereocenters. The molecule has 0 spiro atoms. The molecule has 0 saturated heterocycles. The van der Waals surface area contributed by atoms with E-state index in [1.165, 1.54) is 51.4 Å². The number of unbranched alkanes of at least 4 members (excludes halogenated alkanes) is 4. The van der Waals surface area contributed by atoms with Crippen molar-refractivity contribution in [2.24, 2.45) is 5.92 Å². The summed E-state index contributed by atoms with van der Waals surface area (Å²) in [5.41, 5.74) is 0. The van der Waals surface area contributed by atoms with Crippen LogP contribution in [0.1, 0.15) is 85.0 Å². The summed E-state index contributed by atoms with van der Waals surface area (Å²) in [5.74, 6) is 1.13. The van der Waals surface area contributed by atoms with Crippen LogP contribution in [-0.2, 0) is 4.79 Å². The minimum atomic E-state index is 0.456. The monoisotopic (exact) mass is 226 g/mol. The van der Waals surface area contributed by atoms with Crippen molar-refractivity contribution in [2.75, 3.05) is 0 Å². The van der Waals surface area contributed by atoms with Crippen molar-refractivity contribution in [2.45, 2.75) is 85.0 Å². The fourth-order valence-corrected chi connectivity index (χ4v) is 2.18. The third-order valence-corrected chi connectivity index (χ3v) is 3.34. The van der Waals surface area contributed by atoms with Crippen molar-refractivity contribution in [3.63, 3.8) is 0 Å². The summed E-state index contributed by atoms with van der Waals surface area (Å²) >= 11 is 0. The first-order chi connectivity index (χ1) is 7.74. The van der Waals surface area contributed by atoms with Crippen LogP contribution in [0.15, 0.2) is 0 Å². The molecule has 0 saturated carbocycles. The number of carbonyl (C=O) groups is 1. The first kappa shape index (κ1) is 15.7. The van der Waals surface area contributed by atoms with Crippen LogP contribution in [0.2, 0.25) is 0 Å². The Kier molecular flexibility index (Phi) is 10.9. The van der Waals surface area contributed by atoms with Gasteiger partial charge in [-0.1, -0.05) is 72.1 Å². The van der Waals surface area contributed by atoms with Crippen molar-refractivity contribution in [1.82, 2.24) is 0 Å². The molecule has 0 aromatic rings. The lowest BCUT2D eigenvalue weighted by molar-refractivity contribution is -0.119. The number of rotatable bonds is 11. The molecule has 1 heteroatoms. The molecular formula is C15H30O. The highest BCUT2D eigenvalue weighted by Crippen LogP contribution is 2.21. The molecule has 0 amide bonds.